The van der Waals surface area contributed by atoms with Gasteiger partial charge in [0.25, 0.3) is 0 Å². The first-order valence-electron chi connectivity index (χ1n) is 7.69. The van der Waals surface area contributed by atoms with Crippen molar-refractivity contribution in [2.75, 3.05) is 0 Å². The van der Waals surface area contributed by atoms with E-state index in [4.69, 9.17) is 4.74 Å². The van der Waals surface area contributed by atoms with Gasteiger partial charge in [0.15, 0.2) is 5.78 Å². The molecule has 1 aromatic carbocycles. The predicted octanol–water partition coefficient (Wildman–Crippen LogP) is 4.14. The molecule has 2 rings (SSSR count). The van der Waals surface area contributed by atoms with Crippen LogP contribution in [0.25, 0.3) is 0 Å². The number of unbranched alkanes of at least 4 members (excludes halogenated alkanes) is 1. The Morgan fingerprint density at radius 3 is 2.52 bits per heavy atom. The van der Waals surface area contributed by atoms with E-state index in [9.17, 15) is 4.79 Å². The predicted molar refractivity (Wildman–Crippen MR) is 88.7 cm³/mol. The second-order valence-electron chi connectivity index (χ2n) is 6.67. The average Bonchev–Trinajstić information content (AvgIpc) is 3.19. The standard InChI is InChI=1S/C18H24O2Si/c1-5-6-12-16(19)18(13-14-21(2,3)4)17(20-18)15-10-8-7-9-11-15/h7-11,17H,5-6,12H2,1-4H3. The first-order valence-corrected chi connectivity index (χ1v) is 11.2. The zero-order valence-electron chi connectivity index (χ0n) is 13.4. The van der Waals surface area contributed by atoms with E-state index < -0.39 is 13.7 Å². The largest absolute Gasteiger partial charge is 0.340 e. The van der Waals surface area contributed by atoms with Crippen molar-refractivity contribution in [3.63, 3.8) is 0 Å². The topological polar surface area (TPSA) is 29.6 Å². The molecular formula is C18H24O2Si. The summed E-state index contributed by atoms with van der Waals surface area (Å²) in [7, 11) is -1.53. The van der Waals surface area contributed by atoms with Gasteiger partial charge in [-0.2, -0.15) is 0 Å². The molecule has 1 aliphatic heterocycles. The highest BCUT2D eigenvalue weighted by Gasteiger charge is 2.61. The van der Waals surface area contributed by atoms with Crippen LogP contribution >= 0.6 is 0 Å². The molecule has 1 saturated heterocycles. The van der Waals surface area contributed by atoms with Crippen molar-refractivity contribution in [2.24, 2.45) is 0 Å². The highest BCUT2D eigenvalue weighted by Crippen LogP contribution is 2.50. The van der Waals surface area contributed by atoms with Crippen LogP contribution in [-0.2, 0) is 9.53 Å². The van der Waals surface area contributed by atoms with Gasteiger partial charge >= 0.3 is 0 Å². The molecule has 0 spiro atoms. The minimum absolute atomic E-state index is 0.143. The minimum atomic E-state index is -1.53. The van der Waals surface area contributed by atoms with Crippen molar-refractivity contribution in [1.29, 1.82) is 0 Å². The zero-order chi connectivity index (χ0) is 15.5. The molecule has 2 atom stereocenters. The lowest BCUT2D eigenvalue weighted by molar-refractivity contribution is -0.122. The van der Waals surface area contributed by atoms with Crippen molar-refractivity contribution < 1.29 is 9.53 Å². The fourth-order valence-corrected chi connectivity index (χ4v) is 2.82. The quantitative estimate of drug-likeness (QED) is 0.465. The molecule has 0 N–H and O–H groups in total. The number of epoxide rings is 1. The third-order valence-electron chi connectivity index (χ3n) is 3.51. The molecule has 1 aliphatic rings. The zero-order valence-corrected chi connectivity index (χ0v) is 14.4. The van der Waals surface area contributed by atoms with Gasteiger partial charge in [-0.25, -0.2) is 0 Å². The molecule has 3 heteroatoms. The number of carbonyl (C=O) groups excluding carboxylic acids is 1. The maximum Gasteiger partial charge on any atom is 0.217 e. The van der Waals surface area contributed by atoms with Gasteiger partial charge in [-0.15, -0.1) is 5.54 Å². The molecule has 21 heavy (non-hydrogen) atoms. The van der Waals surface area contributed by atoms with Crippen LogP contribution in [0.15, 0.2) is 30.3 Å². The monoisotopic (exact) mass is 300 g/mol. The number of Topliss-reactive ketones (excluding diaryl/α,β-unsaturated/α-hetero) is 1. The third kappa shape index (κ3) is 3.84. The van der Waals surface area contributed by atoms with Gasteiger partial charge in [-0.3, -0.25) is 4.79 Å². The van der Waals surface area contributed by atoms with Gasteiger partial charge in [-0.1, -0.05) is 69.2 Å². The Morgan fingerprint density at radius 1 is 1.29 bits per heavy atom. The number of rotatable bonds is 5. The number of carbonyl (C=O) groups is 1. The third-order valence-corrected chi connectivity index (χ3v) is 4.39. The summed E-state index contributed by atoms with van der Waals surface area (Å²) in [6.07, 6.45) is 2.28. The van der Waals surface area contributed by atoms with Crippen molar-refractivity contribution in [1.82, 2.24) is 0 Å². The number of hydrogen-bond acceptors (Lipinski definition) is 2. The molecule has 0 saturated carbocycles. The SMILES string of the molecule is CCCCC(=O)C1(C#C[Si](C)(C)C)OC1c1ccccc1. The molecule has 0 amide bonds. The molecule has 2 unspecified atom stereocenters. The summed E-state index contributed by atoms with van der Waals surface area (Å²) >= 11 is 0. The van der Waals surface area contributed by atoms with E-state index in [0.717, 1.165) is 18.4 Å². The van der Waals surface area contributed by atoms with E-state index >= 15 is 0 Å². The van der Waals surface area contributed by atoms with E-state index in [0.29, 0.717) is 6.42 Å². The molecule has 1 aromatic rings. The number of ketones is 1. The highest BCUT2D eigenvalue weighted by molar-refractivity contribution is 6.83. The van der Waals surface area contributed by atoms with Gasteiger partial charge in [0.2, 0.25) is 5.60 Å². The lowest BCUT2D eigenvalue weighted by Crippen LogP contribution is -2.26. The highest BCUT2D eigenvalue weighted by atomic mass is 28.3. The van der Waals surface area contributed by atoms with Gasteiger partial charge < -0.3 is 4.74 Å². The molecule has 2 nitrogen and oxygen atoms in total. The maximum atomic E-state index is 12.6. The first kappa shape index (κ1) is 16.0. The maximum absolute atomic E-state index is 12.6. The van der Waals surface area contributed by atoms with Crippen LogP contribution in [0.3, 0.4) is 0 Å². The summed E-state index contributed by atoms with van der Waals surface area (Å²) in [5.41, 5.74) is 3.49. The molecule has 1 fully saturated rings. The molecular weight excluding hydrogens is 276 g/mol. The summed E-state index contributed by atoms with van der Waals surface area (Å²) in [6, 6.07) is 9.94. The van der Waals surface area contributed by atoms with Gasteiger partial charge in [0.1, 0.15) is 14.2 Å². The average molecular weight is 300 g/mol. The van der Waals surface area contributed by atoms with E-state index in [1.54, 1.807) is 0 Å². The van der Waals surface area contributed by atoms with Crippen LogP contribution in [0.1, 0.15) is 37.9 Å². The van der Waals surface area contributed by atoms with Crippen LogP contribution in [0, 0.1) is 11.5 Å². The van der Waals surface area contributed by atoms with Crippen LogP contribution < -0.4 is 0 Å². The van der Waals surface area contributed by atoms with Crippen molar-refractivity contribution >= 4 is 13.9 Å². The van der Waals surface area contributed by atoms with Crippen molar-refractivity contribution in [3.8, 4) is 11.5 Å². The number of benzene rings is 1. The molecule has 1 heterocycles. The Morgan fingerprint density at radius 2 is 1.95 bits per heavy atom. The fraction of sp³-hybridized carbons (Fsp3) is 0.500. The van der Waals surface area contributed by atoms with Crippen LogP contribution in [0.2, 0.25) is 19.6 Å². The van der Waals surface area contributed by atoms with Crippen LogP contribution in [0.4, 0.5) is 0 Å². The summed E-state index contributed by atoms with van der Waals surface area (Å²) in [6.45, 7) is 8.65. The molecule has 0 radical (unpaired) electrons. The minimum Gasteiger partial charge on any atom is -0.340 e. The number of hydrogen-bond donors (Lipinski definition) is 0. The second kappa shape index (κ2) is 6.17. The molecule has 0 bridgehead atoms. The second-order valence-corrected chi connectivity index (χ2v) is 11.4. The van der Waals surface area contributed by atoms with Gasteiger partial charge in [0, 0.05) is 6.42 Å². The fourth-order valence-electron chi connectivity index (χ4n) is 2.26. The smallest absolute Gasteiger partial charge is 0.217 e. The number of ether oxygens (including phenoxy) is 1. The normalized spacial score (nSPS) is 24.1. The van der Waals surface area contributed by atoms with Crippen molar-refractivity contribution in [3.05, 3.63) is 35.9 Å². The summed E-state index contributed by atoms with van der Waals surface area (Å²) in [4.78, 5) is 12.6. The van der Waals surface area contributed by atoms with E-state index in [1.165, 1.54) is 0 Å². The van der Waals surface area contributed by atoms with Gasteiger partial charge in [-0.05, 0) is 12.0 Å². The summed E-state index contributed by atoms with van der Waals surface area (Å²) in [5.74, 6) is 3.35. The lowest BCUT2D eigenvalue weighted by atomic mass is 9.93. The first-order chi connectivity index (χ1) is 9.89. The van der Waals surface area contributed by atoms with Crippen LogP contribution in [0.5, 0.6) is 0 Å². The van der Waals surface area contributed by atoms with E-state index in [-0.39, 0.29) is 11.9 Å². The van der Waals surface area contributed by atoms with E-state index in [2.05, 4.69) is 38.0 Å². The Balaban J connectivity index is 2.25. The van der Waals surface area contributed by atoms with Crippen LogP contribution in [-0.4, -0.2) is 19.5 Å². The molecule has 0 aromatic heterocycles. The Labute approximate surface area is 128 Å². The molecule has 112 valence electrons. The summed E-state index contributed by atoms with van der Waals surface area (Å²) in [5, 5.41) is 0. The van der Waals surface area contributed by atoms with Crippen molar-refractivity contribution in [2.45, 2.75) is 57.5 Å². The Hall–Kier alpha value is -1.37. The summed E-state index contributed by atoms with van der Waals surface area (Å²) < 4.78 is 5.84. The lowest BCUT2D eigenvalue weighted by Gasteiger charge is -2.08. The Bertz CT molecular complexity index is 562. The van der Waals surface area contributed by atoms with E-state index in [1.807, 2.05) is 30.3 Å². The Kier molecular flexibility index (Phi) is 4.70. The van der Waals surface area contributed by atoms with Gasteiger partial charge in [0.05, 0.1) is 0 Å². The molecule has 0 aliphatic carbocycles.